The smallest absolute Gasteiger partial charge is 0.312 e. The summed E-state index contributed by atoms with van der Waals surface area (Å²) in [6.07, 6.45) is 1.97. The van der Waals surface area contributed by atoms with Gasteiger partial charge in [0.15, 0.2) is 0 Å². The minimum atomic E-state index is -0.322. The first-order valence-corrected chi connectivity index (χ1v) is 11.3. The number of rotatable bonds is 7. The second-order valence-electron chi connectivity index (χ2n) is 7.80. The fraction of sp³-hybridized carbons (Fsp3) is 0.0667. The SMILES string of the molecule is N#C/C(=C/c1cccc(OC(=O)CC(c2ccccc2)c2ccccc2)c1)c1ccc(Cl)cc1. The number of benzene rings is 4. The first kappa shape index (κ1) is 23.0. The molecule has 0 saturated heterocycles. The Morgan fingerprint density at radius 1 is 0.853 bits per heavy atom. The van der Waals surface area contributed by atoms with Crippen LogP contribution in [0, 0.1) is 11.3 Å². The van der Waals surface area contributed by atoms with E-state index in [0.717, 1.165) is 22.3 Å². The van der Waals surface area contributed by atoms with Crippen molar-refractivity contribution in [1.29, 1.82) is 5.26 Å². The number of hydrogen-bond acceptors (Lipinski definition) is 3. The molecule has 0 saturated carbocycles. The summed E-state index contributed by atoms with van der Waals surface area (Å²) in [7, 11) is 0. The summed E-state index contributed by atoms with van der Waals surface area (Å²) in [6, 6.07) is 36.4. The van der Waals surface area contributed by atoms with Crippen LogP contribution >= 0.6 is 11.6 Å². The molecule has 0 heterocycles. The first-order chi connectivity index (χ1) is 16.6. The van der Waals surface area contributed by atoms with Gasteiger partial charge in [-0.3, -0.25) is 4.79 Å². The number of carbonyl (C=O) groups excluding carboxylic acids is 1. The summed E-state index contributed by atoms with van der Waals surface area (Å²) < 4.78 is 5.70. The quantitative estimate of drug-likeness (QED) is 0.123. The molecule has 4 aromatic carbocycles. The third kappa shape index (κ3) is 6.01. The molecular weight excluding hydrogens is 442 g/mol. The van der Waals surface area contributed by atoms with E-state index in [1.807, 2.05) is 66.7 Å². The molecule has 4 aromatic rings. The molecule has 4 rings (SSSR count). The average Bonchev–Trinajstić information content (AvgIpc) is 2.88. The van der Waals surface area contributed by atoms with Crippen molar-refractivity contribution in [2.75, 3.05) is 0 Å². The van der Waals surface area contributed by atoms with Gasteiger partial charge in [0.05, 0.1) is 18.1 Å². The summed E-state index contributed by atoms with van der Waals surface area (Å²) in [4.78, 5) is 12.9. The van der Waals surface area contributed by atoms with Gasteiger partial charge in [0.2, 0.25) is 0 Å². The third-order valence-corrected chi connectivity index (χ3v) is 5.70. The van der Waals surface area contributed by atoms with Crippen molar-refractivity contribution in [3.63, 3.8) is 0 Å². The maximum absolute atomic E-state index is 12.9. The standard InChI is InChI=1S/C30H22ClNO2/c31-27-16-14-23(15-17-27)26(21-32)18-22-8-7-13-28(19-22)34-30(33)20-29(24-9-3-1-4-10-24)25-11-5-2-6-12-25/h1-19,29H,20H2/b26-18-. The van der Waals surface area contributed by atoms with Gasteiger partial charge >= 0.3 is 5.97 Å². The number of esters is 1. The van der Waals surface area contributed by atoms with Gasteiger partial charge in [0, 0.05) is 10.9 Å². The average molecular weight is 464 g/mol. The van der Waals surface area contributed by atoms with E-state index in [1.165, 1.54) is 0 Å². The second kappa shape index (κ2) is 11.1. The highest BCUT2D eigenvalue weighted by Gasteiger charge is 2.19. The molecular formula is C30H22ClNO2. The Morgan fingerprint density at radius 2 is 1.47 bits per heavy atom. The van der Waals surface area contributed by atoms with Crippen LogP contribution in [0.2, 0.25) is 5.02 Å². The van der Waals surface area contributed by atoms with Crippen LogP contribution in [0.4, 0.5) is 0 Å². The summed E-state index contributed by atoms with van der Waals surface area (Å²) in [5.41, 5.74) is 4.14. The molecule has 0 bridgehead atoms. The molecule has 0 aliphatic carbocycles. The van der Waals surface area contributed by atoms with Gasteiger partial charge in [-0.15, -0.1) is 0 Å². The second-order valence-corrected chi connectivity index (χ2v) is 8.24. The molecule has 3 nitrogen and oxygen atoms in total. The van der Waals surface area contributed by atoms with Gasteiger partial charge in [-0.05, 0) is 52.6 Å². The van der Waals surface area contributed by atoms with E-state index in [2.05, 4.69) is 6.07 Å². The van der Waals surface area contributed by atoms with Gasteiger partial charge < -0.3 is 4.74 Å². The monoisotopic (exact) mass is 463 g/mol. The Hall–Kier alpha value is -4.13. The molecule has 0 radical (unpaired) electrons. The van der Waals surface area contributed by atoms with E-state index in [9.17, 15) is 10.1 Å². The number of nitriles is 1. The summed E-state index contributed by atoms with van der Waals surface area (Å²) >= 11 is 5.95. The number of halogens is 1. The van der Waals surface area contributed by atoms with Gasteiger partial charge in [-0.1, -0.05) is 96.5 Å². The van der Waals surface area contributed by atoms with Gasteiger partial charge in [-0.2, -0.15) is 5.26 Å². The molecule has 0 aliphatic rings. The van der Waals surface area contributed by atoms with Crippen LogP contribution in [0.25, 0.3) is 11.6 Å². The minimum absolute atomic E-state index is 0.104. The molecule has 0 atom stereocenters. The number of ether oxygens (including phenoxy) is 1. The molecule has 0 aromatic heterocycles. The Morgan fingerprint density at radius 3 is 2.06 bits per heavy atom. The lowest BCUT2D eigenvalue weighted by Crippen LogP contribution is -2.14. The van der Waals surface area contributed by atoms with Crippen LogP contribution in [0.15, 0.2) is 109 Å². The predicted molar refractivity (Wildman–Crippen MR) is 136 cm³/mol. The van der Waals surface area contributed by atoms with Crippen LogP contribution in [0.3, 0.4) is 0 Å². The topological polar surface area (TPSA) is 50.1 Å². The lowest BCUT2D eigenvalue weighted by atomic mass is 9.88. The van der Waals surface area contributed by atoms with E-state index < -0.39 is 0 Å². The number of allylic oxidation sites excluding steroid dienone is 1. The summed E-state index contributed by atoms with van der Waals surface area (Å²) in [5.74, 6) is 0.0112. The highest BCUT2D eigenvalue weighted by Crippen LogP contribution is 2.29. The highest BCUT2D eigenvalue weighted by molar-refractivity contribution is 6.30. The molecule has 0 unspecified atom stereocenters. The fourth-order valence-electron chi connectivity index (χ4n) is 3.78. The van der Waals surface area contributed by atoms with Gasteiger partial charge in [-0.25, -0.2) is 0 Å². The normalized spacial score (nSPS) is 11.1. The van der Waals surface area contributed by atoms with Crippen molar-refractivity contribution in [1.82, 2.24) is 0 Å². The molecule has 0 spiro atoms. The Labute approximate surface area is 204 Å². The molecule has 4 heteroatoms. The van der Waals surface area contributed by atoms with Crippen LogP contribution < -0.4 is 4.74 Å². The van der Waals surface area contributed by atoms with E-state index in [1.54, 1.807) is 48.5 Å². The molecule has 0 N–H and O–H groups in total. The highest BCUT2D eigenvalue weighted by atomic mass is 35.5. The Kier molecular flexibility index (Phi) is 7.55. The van der Waals surface area contributed by atoms with Gasteiger partial charge in [0.1, 0.15) is 5.75 Å². The van der Waals surface area contributed by atoms with Crippen LogP contribution in [0.1, 0.15) is 34.6 Å². The summed E-state index contributed by atoms with van der Waals surface area (Å²) in [5, 5.41) is 10.2. The lowest BCUT2D eigenvalue weighted by Gasteiger charge is -2.17. The lowest BCUT2D eigenvalue weighted by molar-refractivity contribution is -0.134. The van der Waals surface area contributed by atoms with Crippen LogP contribution in [-0.2, 0) is 4.79 Å². The first-order valence-electron chi connectivity index (χ1n) is 10.9. The number of nitrogens with zero attached hydrogens (tertiary/aromatic N) is 1. The van der Waals surface area contributed by atoms with E-state index >= 15 is 0 Å². The molecule has 34 heavy (non-hydrogen) atoms. The maximum Gasteiger partial charge on any atom is 0.312 e. The van der Waals surface area contributed by atoms with E-state index in [4.69, 9.17) is 16.3 Å². The van der Waals surface area contributed by atoms with Crippen molar-refractivity contribution in [2.24, 2.45) is 0 Å². The van der Waals surface area contributed by atoms with Crippen molar-refractivity contribution in [3.05, 3.63) is 136 Å². The number of hydrogen-bond donors (Lipinski definition) is 0. The Balaban J connectivity index is 1.52. The zero-order valence-corrected chi connectivity index (χ0v) is 19.2. The van der Waals surface area contributed by atoms with Crippen molar-refractivity contribution in [3.8, 4) is 11.8 Å². The fourth-order valence-corrected chi connectivity index (χ4v) is 3.91. The predicted octanol–water partition coefficient (Wildman–Crippen LogP) is 7.53. The summed E-state index contributed by atoms with van der Waals surface area (Å²) in [6.45, 7) is 0. The number of carbonyl (C=O) groups is 1. The van der Waals surface area contributed by atoms with E-state index in [0.29, 0.717) is 16.3 Å². The molecule has 0 amide bonds. The zero-order valence-electron chi connectivity index (χ0n) is 18.4. The molecule has 0 fully saturated rings. The molecule has 166 valence electrons. The van der Waals surface area contributed by atoms with Gasteiger partial charge in [0.25, 0.3) is 0 Å². The largest absolute Gasteiger partial charge is 0.426 e. The third-order valence-electron chi connectivity index (χ3n) is 5.45. The molecule has 0 aliphatic heterocycles. The zero-order chi connectivity index (χ0) is 23.8. The minimum Gasteiger partial charge on any atom is -0.426 e. The van der Waals surface area contributed by atoms with Crippen molar-refractivity contribution >= 4 is 29.2 Å². The van der Waals surface area contributed by atoms with Crippen molar-refractivity contribution in [2.45, 2.75) is 12.3 Å². The van der Waals surface area contributed by atoms with Crippen molar-refractivity contribution < 1.29 is 9.53 Å². The van der Waals surface area contributed by atoms with Crippen LogP contribution in [-0.4, -0.2) is 5.97 Å². The maximum atomic E-state index is 12.9. The van der Waals surface area contributed by atoms with E-state index in [-0.39, 0.29) is 18.3 Å². The van der Waals surface area contributed by atoms with Crippen LogP contribution in [0.5, 0.6) is 5.75 Å². The Bertz CT molecular complexity index is 1280.